The van der Waals surface area contributed by atoms with Crippen LogP contribution >= 0.6 is 0 Å². The maximum atomic E-state index is 13.0. The molecule has 4 rings (SSSR count). The SMILES string of the molecule is CN1CCC2(CCN(C(=O)c3ncccc3Oc3ccccc3)CC2)C1=O. The Balaban J connectivity index is 1.49. The minimum absolute atomic E-state index is 0.143. The van der Waals surface area contributed by atoms with E-state index in [9.17, 15) is 9.59 Å². The predicted molar refractivity (Wildman–Crippen MR) is 101 cm³/mol. The van der Waals surface area contributed by atoms with E-state index in [0.29, 0.717) is 43.1 Å². The second-order valence-electron chi connectivity index (χ2n) is 7.31. The molecular formula is C21H23N3O3. The number of likely N-dealkylation sites (tertiary alicyclic amines) is 2. The van der Waals surface area contributed by atoms with Gasteiger partial charge in [-0.15, -0.1) is 0 Å². The van der Waals surface area contributed by atoms with Crippen LogP contribution in [-0.2, 0) is 4.79 Å². The molecule has 1 spiro atoms. The van der Waals surface area contributed by atoms with Crippen molar-refractivity contribution in [1.82, 2.24) is 14.8 Å². The number of carbonyl (C=O) groups excluding carboxylic acids is 2. The highest BCUT2D eigenvalue weighted by molar-refractivity contribution is 5.95. The van der Waals surface area contributed by atoms with Crippen molar-refractivity contribution in [2.75, 3.05) is 26.7 Å². The van der Waals surface area contributed by atoms with Crippen molar-refractivity contribution in [2.45, 2.75) is 19.3 Å². The first-order valence-corrected chi connectivity index (χ1v) is 9.32. The number of hydrogen-bond acceptors (Lipinski definition) is 4. The maximum absolute atomic E-state index is 13.0. The Labute approximate surface area is 158 Å². The van der Waals surface area contributed by atoms with Gasteiger partial charge in [0.15, 0.2) is 11.4 Å². The fourth-order valence-corrected chi connectivity index (χ4v) is 4.00. The number of piperidine rings is 1. The highest BCUT2D eigenvalue weighted by atomic mass is 16.5. The lowest BCUT2D eigenvalue weighted by Gasteiger charge is -2.37. The molecule has 2 aliphatic rings. The molecule has 0 atom stereocenters. The normalized spacial score (nSPS) is 18.8. The molecule has 2 amide bonds. The number of aromatic nitrogens is 1. The Bertz CT molecular complexity index is 845. The van der Waals surface area contributed by atoms with Crippen molar-refractivity contribution < 1.29 is 14.3 Å². The summed E-state index contributed by atoms with van der Waals surface area (Å²) in [5.74, 6) is 1.19. The summed E-state index contributed by atoms with van der Waals surface area (Å²) in [6.07, 6.45) is 3.91. The van der Waals surface area contributed by atoms with E-state index in [0.717, 1.165) is 13.0 Å². The van der Waals surface area contributed by atoms with Gasteiger partial charge < -0.3 is 14.5 Å². The summed E-state index contributed by atoms with van der Waals surface area (Å²) in [6.45, 7) is 1.95. The molecule has 0 saturated carbocycles. The summed E-state index contributed by atoms with van der Waals surface area (Å²) < 4.78 is 5.88. The van der Waals surface area contributed by atoms with Crippen LogP contribution in [0.3, 0.4) is 0 Å². The molecule has 0 unspecified atom stereocenters. The van der Waals surface area contributed by atoms with Crippen LogP contribution < -0.4 is 4.74 Å². The fourth-order valence-electron chi connectivity index (χ4n) is 4.00. The average Bonchev–Trinajstić information content (AvgIpc) is 2.98. The molecule has 0 radical (unpaired) electrons. The van der Waals surface area contributed by atoms with Crippen molar-refractivity contribution in [3.63, 3.8) is 0 Å². The van der Waals surface area contributed by atoms with Crippen molar-refractivity contribution >= 4 is 11.8 Å². The topological polar surface area (TPSA) is 62.7 Å². The van der Waals surface area contributed by atoms with Gasteiger partial charge in [-0.25, -0.2) is 4.98 Å². The summed E-state index contributed by atoms with van der Waals surface area (Å²) in [4.78, 5) is 33.4. The van der Waals surface area contributed by atoms with Crippen LogP contribution in [0.25, 0.3) is 0 Å². The van der Waals surface area contributed by atoms with Gasteiger partial charge in [-0.3, -0.25) is 9.59 Å². The number of ether oxygens (including phenoxy) is 1. The molecule has 0 bridgehead atoms. The maximum Gasteiger partial charge on any atom is 0.276 e. The van der Waals surface area contributed by atoms with Crippen LogP contribution in [0.1, 0.15) is 29.8 Å². The standard InChI is InChI=1S/C21H23N3O3/c1-23-13-9-21(20(23)26)10-14-24(15-11-21)19(25)18-17(8-5-12-22-18)27-16-6-3-2-4-7-16/h2-8,12H,9-11,13-15H2,1H3. The molecule has 0 aliphatic carbocycles. The van der Waals surface area contributed by atoms with Crippen LogP contribution in [0.15, 0.2) is 48.7 Å². The predicted octanol–water partition coefficient (Wildman–Crippen LogP) is 2.96. The van der Waals surface area contributed by atoms with Crippen LogP contribution in [0, 0.1) is 5.41 Å². The van der Waals surface area contributed by atoms with Gasteiger partial charge in [0.25, 0.3) is 5.91 Å². The van der Waals surface area contributed by atoms with Gasteiger partial charge in [-0.05, 0) is 43.5 Å². The molecule has 2 aliphatic heterocycles. The average molecular weight is 365 g/mol. The van der Waals surface area contributed by atoms with E-state index < -0.39 is 0 Å². The second-order valence-corrected chi connectivity index (χ2v) is 7.31. The van der Waals surface area contributed by atoms with Crippen molar-refractivity contribution in [3.05, 3.63) is 54.4 Å². The third-order valence-electron chi connectivity index (χ3n) is 5.68. The van der Waals surface area contributed by atoms with Crippen molar-refractivity contribution in [1.29, 1.82) is 0 Å². The zero-order valence-corrected chi connectivity index (χ0v) is 15.4. The van der Waals surface area contributed by atoms with E-state index in [1.165, 1.54) is 0 Å². The van der Waals surface area contributed by atoms with Crippen LogP contribution in [0.2, 0.25) is 0 Å². The molecule has 1 aromatic heterocycles. The van der Waals surface area contributed by atoms with E-state index in [4.69, 9.17) is 4.74 Å². The lowest BCUT2D eigenvalue weighted by atomic mass is 9.77. The van der Waals surface area contributed by atoms with Crippen LogP contribution in [0.4, 0.5) is 0 Å². The second kappa shape index (κ2) is 7.02. The molecule has 0 N–H and O–H groups in total. The Morgan fingerprint density at radius 1 is 1.04 bits per heavy atom. The number of hydrogen-bond donors (Lipinski definition) is 0. The fraction of sp³-hybridized carbons (Fsp3) is 0.381. The molecule has 2 saturated heterocycles. The first-order valence-electron chi connectivity index (χ1n) is 9.32. The third-order valence-corrected chi connectivity index (χ3v) is 5.68. The van der Waals surface area contributed by atoms with Gasteiger partial charge in [-0.2, -0.15) is 0 Å². The molecule has 6 nitrogen and oxygen atoms in total. The largest absolute Gasteiger partial charge is 0.455 e. The Morgan fingerprint density at radius 2 is 1.74 bits per heavy atom. The van der Waals surface area contributed by atoms with Gasteiger partial charge >= 0.3 is 0 Å². The molecule has 27 heavy (non-hydrogen) atoms. The summed E-state index contributed by atoms with van der Waals surface area (Å²) >= 11 is 0. The number of pyridine rings is 1. The summed E-state index contributed by atoms with van der Waals surface area (Å²) in [6, 6.07) is 12.9. The van der Waals surface area contributed by atoms with Gasteiger partial charge in [0.1, 0.15) is 5.75 Å². The first-order chi connectivity index (χ1) is 13.1. The van der Waals surface area contributed by atoms with E-state index >= 15 is 0 Å². The van der Waals surface area contributed by atoms with Gasteiger partial charge in [0.05, 0.1) is 5.41 Å². The first kappa shape index (κ1) is 17.5. The highest BCUT2D eigenvalue weighted by Gasteiger charge is 2.47. The molecular weight excluding hydrogens is 342 g/mol. The number of benzene rings is 1. The minimum Gasteiger partial charge on any atom is -0.455 e. The van der Waals surface area contributed by atoms with E-state index in [-0.39, 0.29) is 17.2 Å². The van der Waals surface area contributed by atoms with Gasteiger partial charge in [-0.1, -0.05) is 18.2 Å². The highest BCUT2D eigenvalue weighted by Crippen LogP contribution is 2.41. The van der Waals surface area contributed by atoms with E-state index in [1.54, 1.807) is 23.2 Å². The minimum atomic E-state index is -0.279. The number of nitrogens with zero attached hydrogens (tertiary/aromatic N) is 3. The summed E-state index contributed by atoms with van der Waals surface area (Å²) in [5, 5.41) is 0. The number of para-hydroxylation sites is 1. The summed E-state index contributed by atoms with van der Waals surface area (Å²) in [5.41, 5.74) is 0.0334. The van der Waals surface area contributed by atoms with E-state index in [2.05, 4.69) is 4.98 Å². The molecule has 6 heteroatoms. The lowest BCUT2D eigenvalue weighted by molar-refractivity contribution is -0.137. The van der Waals surface area contributed by atoms with Gasteiger partial charge in [0, 0.05) is 32.9 Å². The smallest absolute Gasteiger partial charge is 0.276 e. The van der Waals surface area contributed by atoms with Crippen molar-refractivity contribution in [2.24, 2.45) is 5.41 Å². The molecule has 2 fully saturated rings. The Kier molecular flexibility index (Phi) is 4.56. The van der Waals surface area contributed by atoms with Crippen molar-refractivity contribution in [3.8, 4) is 11.5 Å². The monoisotopic (exact) mass is 365 g/mol. The number of rotatable bonds is 3. The Hall–Kier alpha value is -2.89. The lowest BCUT2D eigenvalue weighted by Crippen LogP contribution is -2.46. The molecule has 2 aromatic rings. The number of carbonyl (C=O) groups is 2. The van der Waals surface area contributed by atoms with Crippen LogP contribution in [0.5, 0.6) is 11.5 Å². The molecule has 3 heterocycles. The summed E-state index contributed by atoms with van der Waals surface area (Å²) in [7, 11) is 1.86. The zero-order chi connectivity index (χ0) is 18.9. The van der Waals surface area contributed by atoms with E-state index in [1.807, 2.05) is 42.3 Å². The molecule has 1 aromatic carbocycles. The quantitative estimate of drug-likeness (QED) is 0.839. The third kappa shape index (κ3) is 3.27. The van der Waals surface area contributed by atoms with Crippen LogP contribution in [-0.4, -0.2) is 53.3 Å². The Morgan fingerprint density at radius 3 is 2.41 bits per heavy atom. The van der Waals surface area contributed by atoms with Gasteiger partial charge in [0.2, 0.25) is 5.91 Å². The number of amides is 2. The zero-order valence-electron chi connectivity index (χ0n) is 15.4. The molecule has 140 valence electrons.